The standard InChI is InChI=1S/C25H32ClN3O3S/c1-4-10-24(30)28-22-18-23(32-15-16-33-19-11-8-7-9-12-19)20(17-21(22)26)25(31)27-13-14-29(5-2)6-3/h4,7-12,17-18H,5-6,13-16H2,1-3H3,(H,27,31)(H,28,30). The van der Waals surface area contributed by atoms with E-state index in [9.17, 15) is 9.59 Å². The number of carbonyl (C=O) groups excluding carboxylic acids is 2. The number of thioether (sulfide) groups is 1. The Hall–Kier alpha value is -2.48. The van der Waals surface area contributed by atoms with E-state index in [-0.39, 0.29) is 16.8 Å². The Morgan fingerprint density at radius 1 is 1.15 bits per heavy atom. The van der Waals surface area contributed by atoms with Gasteiger partial charge in [0.15, 0.2) is 0 Å². The number of ether oxygens (including phenoxy) is 1. The molecule has 0 radical (unpaired) electrons. The van der Waals surface area contributed by atoms with Crippen molar-refractivity contribution in [3.8, 4) is 5.75 Å². The Labute approximate surface area is 205 Å². The van der Waals surface area contributed by atoms with Crippen molar-refractivity contribution in [2.24, 2.45) is 0 Å². The molecule has 0 bridgehead atoms. The summed E-state index contributed by atoms with van der Waals surface area (Å²) in [7, 11) is 0. The van der Waals surface area contributed by atoms with Crippen molar-refractivity contribution in [3.05, 3.63) is 65.2 Å². The van der Waals surface area contributed by atoms with Crippen LogP contribution < -0.4 is 15.4 Å². The molecule has 33 heavy (non-hydrogen) atoms. The average Bonchev–Trinajstić information content (AvgIpc) is 2.82. The molecule has 0 saturated carbocycles. The summed E-state index contributed by atoms with van der Waals surface area (Å²) in [5, 5.41) is 5.94. The monoisotopic (exact) mass is 489 g/mol. The Morgan fingerprint density at radius 3 is 2.55 bits per heavy atom. The zero-order chi connectivity index (χ0) is 24.1. The Morgan fingerprint density at radius 2 is 1.88 bits per heavy atom. The van der Waals surface area contributed by atoms with Crippen LogP contribution in [0.1, 0.15) is 31.1 Å². The minimum absolute atomic E-state index is 0.263. The molecule has 0 saturated heterocycles. The maximum absolute atomic E-state index is 12.9. The first-order valence-corrected chi connectivity index (χ1v) is 12.4. The predicted octanol–water partition coefficient (Wildman–Crippen LogP) is 5.10. The third-order valence-electron chi connectivity index (χ3n) is 4.85. The third kappa shape index (κ3) is 9.12. The summed E-state index contributed by atoms with van der Waals surface area (Å²) in [5.74, 6) is 0.516. The predicted molar refractivity (Wildman–Crippen MR) is 138 cm³/mol. The summed E-state index contributed by atoms with van der Waals surface area (Å²) in [6, 6.07) is 13.2. The summed E-state index contributed by atoms with van der Waals surface area (Å²) < 4.78 is 5.97. The number of nitrogens with zero attached hydrogens (tertiary/aromatic N) is 1. The summed E-state index contributed by atoms with van der Waals surface area (Å²) in [4.78, 5) is 28.3. The molecular weight excluding hydrogens is 458 g/mol. The molecule has 0 aliphatic heterocycles. The number of allylic oxidation sites excluding steroid dienone is 1. The molecule has 2 rings (SSSR count). The van der Waals surface area contributed by atoms with Crippen molar-refractivity contribution in [1.82, 2.24) is 10.2 Å². The van der Waals surface area contributed by atoms with Crippen LogP contribution in [0.15, 0.2) is 59.5 Å². The van der Waals surface area contributed by atoms with Crippen molar-refractivity contribution in [2.75, 3.05) is 43.9 Å². The zero-order valence-electron chi connectivity index (χ0n) is 19.4. The molecule has 0 aliphatic carbocycles. The van der Waals surface area contributed by atoms with E-state index in [1.807, 2.05) is 30.3 Å². The first kappa shape index (κ1) is 26.8. The molecule has 2 amide bonds. The zero-order valence-corrected chi connectivity index (χ0v) is 21.0. The lowest BCUT2D eigenvalue weighted by atomic mass is 10.1. The van der Waals surface area contributed by atoms with Crippen molar-refractivity contribution >= 4 is 40.9 Å². The molecule has 0 fully saturated rings. The molecule has 0 unspecified atom stereocenters. The van der Waals surface area contributed by atoms with Gasteiger partial charge in [0.1, 0.15) is 5.75 Å². The van der Waals surface area contributed by atoms with Crippen LogP contribution in [0, 0.1) is 0 Å². The van der Waals surface area contributed by atoms with Gasteiger partial charge in [-0.1, -0.05) is 49.7 Å². The van der Waals surface area contributed by atoms with Gasteiger partial charge in [0.05, 0.1) is 22.9 Å². The highest BCUT2D eigenvalue weighted by atomic mass is 35.5. The minimum atomic E-state index is -0.304. The van der Waals surface area contributed by atoms with Crippen LogP contribution in [0.25, 0.3) is 0 Å². The lowest BCUT2D eigenvalue weighted by Crippen LogP contribution is -2.35. The fourth-order valence-corrected chi connectivity index (χ4v) is 4.03. The van der Waals surface area contributed by atoms with Gasteiger partial charge in [0.2, 0.25) is 5.91 Å². The van der Waals surface area contributed by atoms with Crippen LogP contribution in [-0.2, 0) is 4.79 Å². The van der Waals surface area contributed by atoms with Gasteiger partial charge < -0.3 is 20.3 Å². The van der Waals surface area contributed by atoms with E-state index in [1.54, 1.807) is 36.9 Å². The molecule has 0 spiro atoms. The molecule has 6 nitrogen and oxygen atoms in total. The van der Waals surface area contributed by atoms with Crippen LogP contribution in [0.4, 0.5) is 5.69 Å². The topological polar surface area (TPSA) is 70.7 Å². The summed E-state index contributed by atoms with van der Waals surface area (Å²) >= 11 is 8.04. The van der Waals surface area contributed by atoms with Crippen LogP contribution in [0.2, 0.25) is 5.02 Å². The maximum atomic E-state index is 12.9. The van der Waals surface area contributed by atoms with Crippen LogP contribution >= 0.6 is 23.4 Å². The largest absolute Gasteiger partial charge is 0.492 e. The first-order valence-electron chi connectivity index (χ1n) is 11.1. The number of hydrogen-bond acceptors (Lipinski definition) is 5. The van der Waals surface area contributed by atoms with Crippen LogP contribution in [-0.4, -0.2) is 55.3 Å². The van der Waals surface area contributed by atoms with Gasteiger partial charge in [-0.2, -0.15) is 0 Å². The van der Waals surface area contributed by atoms with Gasteiger partial charge in [0, 0.05) is 29.8 Å². The van der Waals surface area contributed by atoms with Crippen LogP contribution in [0.3, 0.4) is 0 Å². The number of nitrogens with one attached hydrogen (secondary N) is 2. The van der Waals surface area contributed by atoms with E-state index in [4.69, 9.17) is 16.3 Å². The highest BCUT2D eigenvalue weighted by molar-refractivity contribution is 7.99. The van der Waals surface area contributed by atoms with E-state index in [1.165, 1.54) is 6.08 Å². The van der Waals surface area contributed by atoms with E-state index in [2.05, 4.69) is 29.4 Å². The molecule has 2 aromatic carbocycles. The normalized spacial score (nSPS) is 11.1. The van der Waals surface area contributed by atoms with E-state index < -0.39 is 0 Å². The number of likely N-dealkylation sites (N-methyl/N-ethyl adjacent to an activating group) is 1. The average molecular weight is 490 g/mol. The molecule has 0 aliphatic rings. The molecule has 0 atom stereocenters. The first-order chi connectivity index (χ1) is 16.0. The summed E-state index contributed by atoms with van der Waals surface area (Å²) in [5.41, 5.74) is 0.735. The summed E-state index contributed by atoms with van der Waals surface area (Å²) in [6.07, 6.45) is 3.04. The fourth-order valence-electron chi connectivity index (χ4n) is 3.06. The van der Waals surface area contributed by atoms with Gasteiger partial charge in [-0.3, -0.25) is 9.59 Å². The van der Waals surface area contributed by atoms with Crippen molar-refractivity contribution in [3.63, 3.8) is 0 Å². The molecular formula is C25H32ClN3O3S. The number of rotatable bonds is 13. The molecule has 178 valence electrons. The Kier molecular flexibility index (Phi) is 11.9. The molecule has 0 heterocycles. The summed E-state index contributed by atoms with van der Waals surface area (Å²) in [6.45, 7) is 9.44. The number of carbonyl (C=O) groups is 2. The number of anilines is 1. The molecule has 0 aromatic heterocycles. The van der Waals surface area contributed by atoms with Gasteiger partial charge in [-0.05, 0) is 44.3 Å². The van der Waals surface area contributed by atoms with Gasteiger partial charge in [-0.25, -0.2) is 0 Å². The second kappa shape index (κ2) is 14.6. The van der Waals surface area contributed by atoms with Crippen molar-refractivity contribution < 1.29 is 14.3 Å². The fraction of sp³-hybridized carbons (Fsp3) is 0.360. The smallest absolute Gasteiger partial charge is 0.255 e. The van der Waals surface area contributed by atoms with Crippen molar-refractivity contribution in [2.45, 2.75) is 25.7 Å². The number of hydrogen-bond donors (Lipinski definition) is 2. The van der Waals surface area contributed by atoms with Gasteiger partial charge in [0.25, 0.3) is 5.91 Å². The second-order valence-corrected chi connectivity index (χ2v) is 8.69. The van der Waals surface area contributed by atoms with Gasteiger partial charge in [-0.15, -0.1) is 11.8 Å². The minimum Gasteiger partial charge on any atom is -0.492 e. The van der Waals surface area contributed by atoms with Crippen molar-refractivity contribution in [1.29, 1.82) is 0 Å². The molecule has 2 N–H and O–H groups in total. The number of halogens is 1. The number of benzene rings is 2. The lowest BCUT2D eigenvalue weighted by molar-refractivity contribution is -0.111. The van der Waals surface area contributed by atoms with E-state index in [0.717, 1.165) is 24.5 Å². The van der Waals surface area contributed by atoms with Crippen LogP contribution in [0.5, 0.6) is 5.75 Å². The Balaban J connectivity index is 2.12. The highest BCUT2D eigenvalue weighted by Crippen LogP contribution is 2.31. The molecule has 8 heteroatoms. The Bertz CT molecular complexity index is 934. The maximum Gasteiger partial charge on any atom is 0.255 e. The third-order valence-corrected chi connectivity index (χ3v) is 6.14. The van der Waals surface area contributed by atoms with E-state index in [0.29, 0.717) is 35.9 Å². The lowest BCUT2D eigenvalue weighted by Gasteiger charge is -2.19. The SMILES string of the molecule is CC=CC(=O)Nc1cc(OCCSc2ccccc2)c(C(=O)NCCN(CC)CC)cc1Cl. The van der Waals surface area contributed by atoms with Gasteiger partial charge >= 0.3 is 0 Å². The molecule has 2 aromatic rings. The highest BCUT2D eigenvalue weighted by Gasteiger charge is 2.17. The number of amides is 2. The quantitative estimate of drug-likeness (QED) is 0.233. The second-order valence-electron chi connectivity index (χ2n) is 7.11. The van der Waals surface area contributed by atoms with E-state index >= 15 is 0 Å².